The van der Waals surface area contributed by atoms with Gasteiger partial charge in [-0.25, -0.2) is 9.78 Å². The Morgan fingerprint density at radius 1 is 0.946 bits per heavy atom. The first kappa shape index (κ1) is 28.8. The summed E-state index contributed by atoms with van der Waals surface area (Å²) in [5.74, 6) is -4.27. The molecule has 2 rings (SSSR count). The number of aromatic hydroxyl groups is 1. The Labute approximate surface area is 212 Å². The smallest absolute Gasteiger partial charge is 0.326 e. The molecule has 0 aliphatic rings. The number of aliphatic carboxylic acids is 1. The normalized spacial score (nSPS) is 14.0. The number of nitrogens with zero attached hydrogens (tertiary/aromatic N) is 1. The largest absolute Gasteiger partial charge is 0.508 e. The third-order valence-electron chi connectivity index (χ3n) is 5.33. The van der Waals surface area contributed by atoms with Gasteiger partial charge in [-0.15, -0.1) is 0 Å². The van der Waals surface area contributed by atoms with Gasteiger partial charge in [0.15, 0.2) is 0 Å². The number of carbonyl (C=O) groups is 5. The number of aromatic amines is 1. The molecule has 4 unspecified atom stereocenters. The first-order chi connectivity index (χ1) is 17.5. The van der Waals surface area contributed by atoms with E-state index in [-0.39, 0.29) is 31.4 Å². The number of phenols is 1. The maximum Gasteiger partial charge on any atom is 0.326 e. The van der Waals surface area contributed by atoms with Crippen molar-refractivity contribution in [2.45, 2.75) is 56.8 Å². The SMILES string of the molecule is CC(N)C(=O)NC(CCC(N)=O)C(=O)NC(Cc1ccc(O)cc1)C(=O)NC(Cc1cnc[nH]1)C(=O)O. The lowest BCUT2D eigenvalue weighted by Crippen LogP contribution is -2.57. The van der Waals surface area contributed by atoms with Crippen LogP contribution in [0.15, 0.2) is 36.8 Å². The van der Waals surface area contributed by atoms with Gasteiger partial charge in [0.25, 0.3) is 0 Å². The lowest BCUT2D eigenvalue weighted by molar-refractivity contribution is -0.142. The molecule has 4 amide bonds. The van der Waals surface area contributed by atoms with Crippen molar-refractivity contribution >= 4 is 29.6 Å². The van der Waals surface area contributed by atoms with Gasteiger partial charge >= 0.3 is 5.97 Å². The number of carboxylic acid groups (broad SMARTS) is 1. The van der Waals surface area contributed by atoms with Crippen molar-refractivity contribution in [2.24, 2.45) is 11.5 Å². The number of rotatable bonds is 14. The number of amides is 4. The van der Waals surface area contributed by atoms with Crippen LogP contribution in [0.25, 0.3) is 0 Å². The fraction of sp³-hybridized carbons (Fsp3) is 0.391. The number of H-pyrrole nitrogens is 1. The van der Waals surface area contributed by atoms with Gasteiger partial charge in [0.05, 0.1) is 12.4 Å². The van der Waals surface area contributed by atoms with Gasteiger partial charge in [-0.1, -0.05) is 12.1 Å². The maximum atomic E-state index is 13.2. The number of hydrogen-bond acceptors (Lipinski definition) is 8. The molecule has 14 nitrogen and oxygen atoms in total. The average molecular weight is 518 g/mol. The fourth-order valence-electron chi connectivity index (χ4n) is 3.30. The Hall–Kier alpha value is -4.46. The number of carboxylic acids is 1. The minimum atomic E-state index is -1.34. The van der Waals surface area contributed by atoms with Crippen LogP contribution in [0.2, 0.25) is 0 Å². The number of phenolic OH excluding ortho intramolecular Hbond substituents is 1. The van der Waals surface area contributed by atoms with E-state index in [0.29, 0.717) is 11.3 Å². The highest BCUT2D eigenvalue weighted by Gasteiger charge is 2.30. The highest BCUT2D eigenvalue weighted by atomic mass is 16.4. The number of nitrogens with one attached hydrogen (secondary N) is 4. The zero-order valence-corrected chi connectivity index (χ0v) is 20.1. The van der Waals surface area contributed by atoms with Crippen LogP contribution in [0.4, 0.5) is 0 Å². The Bertz CT molecular complexity index is 1090. The lowest BCUT2D eigenvalue weighted by atomic mass is 10.0. The quantitative estimate of drug-likeness (QED) is 0.139. The van der Waals surface area contributed by atoms with Crippen LogP contribution in [-0.4, -0.2) is 73.9 Å². The number of imidazole rings is 1. The molecule has 0 fully saturated rings. The summed E-state index contributed by atoms with van der Waals surface area (Å²) < 4.78 is 0. The topological polar surface area (TPSA) is 243 Å². The highest BCUT2D eigenvalue weighted by Crippen LogP contribution is 2.12. The van der Waals surface area contributed by atoms with Crippen LogP contribution >= 0.6 is 0 Å². The molecule has 1 aromatic heterocycles. The molecule has 0 spiro atoms. The predicted octanol–water partition coefficient (Wildman–Crippen LogP) is -1.95. The number of nitrogens with two attached hydrogens (primary N) is 2. The van der Waals surface area contributed by atoms with Gasteiger partial charge in [0, 0.05) is 31.2 Å². The molecule has 4 atom stereocenters. The third kappa shape index (κ3) is 9.60. The van der Waals surface area contributed by atoms with Crippen molar-refractivity contribution < 1.29 is 34.2 Å². The third-order valence-corrected chi connectivity index (χ3v) is 5.33. The van der Waals surface area contributed by atoms with E-state index in [0.717, 1.165) is 0 Å². The van der Waals surface area contributed by atoms with Crippen LogP contribution in [0.1, 0.15) is 31.0 Å². The number of hydrogen-bond donors (Lipinski definition) is 8. The minimum absolute atomic E-state index is 0.00980. The molecule has 1 heterocycles. The van der Waals surface area contributed by atoms with Crippen molar-refractivity contribution in [2.75, 3.05) is 0 Å². The van der Waals surface area contributed by atoms with Gasteiger partial charge in [0.2, 0.25) is 23.6 Å². The zero-order valence-electron chi connectivity index (χ0n) is 20.1. The summed E-state index contributed by atoms with van der Waals surface area (Å²) in [6.45, 7) is 1.41. The van der Waals surface area contributed by atoms with Crippen molar-refractivity contribution in [1.29, 1.82) is 0 Å². The first-order valence-electron chi connectivity index (χ1n) is 11.4. The van der Waals surface area contributed by atoms with Gasteiger partial charge in [-0.05, 0) is 31.0 Å². The van der Waals surface area contributed by atoms with E-state index in [1.165, 1.54) is 43.7 Å². The maximum absolute atomic E-state index is 13.2. The van der Waals surface area contributed by atoms with Gasteiger partial charge in [-0.2, -0.15) is 0 Å². The Morgan fingerprint density at radius 2 is 1.54 bits per heavy atom. The van der Waals surface area contributed by atoms with Crippen LogP contribution in [0.5, 0.6) is 5.75 Å². The highest BCUT2D eigenvalue weighted by molar-refractivity contribution is 5.94. The number of carbonyl (C=O) groups excluding carboxylic acids is 4. The zero-order chi connectivity index (χ0) is 27.5. The lowest BCUT2D eigenvalue weighted by Gasteiger charge is -2.25. The Kier molecular flexibility index (Phi) is 10.6. The van der Waals surface area contributed by atoms with Gasteiger partial charge in [0.1, 0.15) is 23.9 Å². The van der Waals surface area contributed by atoms with E-state index in [9.17, 15) is 34.2 Å². The molecule has 0 saturated heterocycles. The molecule has 1 aromatic carbocycles. The molecule has 200 valence electrons. The number of primary amides is 1. The summed E-state index contributed by atoms with van der Waals surface area (Å²) in [5, 5.41) is 26.5. The van der Waals surface area contributed by atoms with E-state index in [1.807, 2.05) is 0 Å². The van der Waals surface area contributed by atoms with Crippen molar-refractivity contribution in [3.63, 3.8) is 0 Å². The molecule has 10 N–H and O–H groups in total. The fourth-order valence-corrected chi connectivity index (χ4v) is 3.30. The van der Waals surface area contributed by atoms with E-state index < -0.39 is 53.8 Å². The molecular weight excluding hydrogens is 486 g/mol. The molecular formula is C23H31N7O7. The molecule has 37 heavy (non-hydrogen) atoms. The molecule has 2 aromatic rings. The van der Waals surface area contributed by atoms with Crippen LogP contribution < -0.4 is 27.4 Å². The second-order valence-electron chi connectivity index (χ2n) is 8.47. The summed E-state index contributed by atoms with van der Waals surface area (Å²) in [5.41, 5.74) is 11.8. The number of aromatic nitrogens is 2. The molecule has 0 radical (unpaired) electrons. The van der Waals surface area contributed by atoms with Crippen LogP contribution in [0.3, 0.4) is 0 Å². The molecule has 0 saturated carbocycles. The van der Waals surface area contributed by atoms with Gasteiger partial charge < -0.3 is 42.6 Å². The molecule has 0 bridgehead atoms. The Morgan fingerprint density at radius 3 is 2.08 bits per heavy atom. The van der Waals surface area contributed by atoms with Crippen LogP contribution in [-0.2, 0) is 36.8 Å². The minimum Gasteiger partial charge on any atom is -0.508 e. The van der Waals surface area contributed by atoms with E-state index in [1.54, 1.807) is 0 Å². The van der Waals surface area contributed by atoms with Crippen molar-refractivity contribution in [3.05, 3.63) is 48.0 Å². The summed E-state index contributed by atoms with van der Waals surface area (Å²) >= 11 is 0. The second kappa shape index (κ2) is 13.6. The van der Waals surface area contributed by atoms with E-state index in [2.05, 4.69) is 25.9 Å². The van der Waals surface area contributed by atoms with Crippen molar-refractivity contribution in [1.82, 2.24) is 25.9 Å². The summed E-state index contributed by atoms with van der Waals surface area (Å²) in [7, 11) is 0. The van der Waals surface area contributed by atoms with Crippen LogP contribution in [0, 0.1) is 0 Å². The summed E-state index contributed by atoms with van der Waals surface area (Å²) in [6.07, 6.45) is 2.25. The van der Waals surface area contributed by atoms with E-state index >= 15 is 0 Å². The summed E-state index contributed by atoms with van der Waals surface area (Å²) in [6, 6.07) is 1.05. The summed E-state index contributed by atoms with van der Waals surface area (Å²) in [4.78, 5) is 68.0. The van der Waals surface area contributed by atoms with E-state index in [4.69, 9.17) is 11.5 Å². The van der Waals surface area contributed by atoms with Gasteiger partial charge in [-0.3, -0.25) is 19.2 Å². The predicted molar refractivity (Wildman–Crippen MR) is 130 cm³/mol. The monoisotopic (exact) mass is 517 g/mol. The average Bonchev–Trinajstić information content (AvgIpc) is 3.34. The Balaban J connectivity index is 2.26. The first-order valence-corrected chi connectivity index (χ1v) is 11.4. The molecule has 14 heteroatoms. The standard InChI is InChI=1S/C23H31N7O7/c1-12(24)20(33)28-16(6-7-19(25)32)21(34)29-17(8-13-2-4-15(31)5-3-13)22(35)30-18(23(36)37)9-14-10-26-11-27-14/h2-5,10-12,16-18,31H,6-9,24H2,1H3,(H2,25,32)(H,26,27)(H,28,33)(H,29,34)(H,30,35)(H,36,37). The molecule has 0 aliphatic heterocycles. The van der Waals surface area contributed by atoms with Crippen molar-refractivity contribution in [3.8, 4) is 5.75 Å². The second-order valence-corrected chi connectivity index (χ2v) is 8.47. The number of benzene rings is 1. The molecule has 0 aliphatic carbocycles.